The molecule has 0 aliphatic heterocycles. The fourth-order valence-corrected chi connectivity index (χ4v) is 1.87. The second kappa shape index (κ2) is 7.04. The van der Waals surface area contributed by atoms with E-state index < -0.39 is 0 Å². The monoisotopic (exact) mass is 248 g/mol. The molecular weight excluding hydrogens is 224 g/mol. The molecule has 1 rings (SSSR count). The summed E-state index contributed by atoms with van der Waals surface area (Å²) in [5.41, 5.74) is 2.70. The molecule has 1 aromatic carbocycles. The zero-order valence-corrected chi connectivity index (χ0v) is 11.8. The van der Waals surface area contributed by atoms with E-state index in [-0.39, 0.29) is 5.91 Å². The van der Waals surface area contributed by atoms with Gasteiger partial charge >= 0.3 is 0 Å². The predicted octanol–water partition coefficient (Wildman–Crippen LogP) is 3.20. The van der Waals surface area contributed by atoms with E-state index in [1.807, 2.05) is 32.2 Å². The van der Waals surface area contributed by atoms with Crippen molar-refractivity contribution in [3.63, 3.8) is 0 Å². The summed E-state index contributed by atoms with van der Waals surface area (Å²) in [5, 5.41) is 6.03. The van der Waals surface area contributed by atoms with Gasteiger partial charge in [0, 0.05) is 19.3 Å². The van der Waals surface area contributed by atoms with Crippen LogP contribution in [-0.4, -0.2) is 19.5 Å². The molecule has 0 aromatic heterocycles. The van der Waals surface area contributed by atoms with E-state index in [9.17, 15) is 4.79 Å². The lowest BCUT2D eigenvalue weighted by Gasteiger charge is -2.11. The largest absolute Gasteiger partial charge is 0.387 e. The smallest absolute Gasteiger partial charge is 0.253 e. The van der Waals surface area contributed by atoms with Gasteiger partial charge in [0.1, 0.15) is 0 Å². The van der Waals surface area contributed by atoms with E-state index in [0.717, 1.165) is 36.2 Å². The van der Waals surface area contributed by atoms with Gasteiger partial charge in [-0.05, 0) is 37.8 Å². The number of rotatable bonds is 6. The zero-order chi connectivity index (χ0) is 13.5. The number of nitrogens with one attached hydrogen (secondary N) is 2. The van der Waals surface area contributed by atoms with Crippen LogP contribution in [0.3, 0.4) is 0 Å². The first-order chi connectivity index (χ1) is 8.54. The number of hydrogen-bond donors (Lipinski definition) is 2. The second-order valence-electron chi connectivity index (χ2n) is 5.09. The Kier molecular flexibility index (Phi) is 5.69. The molecule has 18 heavy (non-hydrogen) atoms. The van der Waals surface area contributed by atoms with Crippen LogP contribution in [0.15, 0.2) is 18.2 Å². The highest BCUT2D eigenvalue weighted by atomic mass is 16.1. The first-order valence-electron chi connectivity index (χ1n) is 6.61. The van der Waals surface area contributed by atoms with Gasteiger partial charge in [0.15, 0.2) is 0 Å². The highest BCUT2D eigenvalue weighted by Crippen LogP contribution is 2.16. The maximum absolute atomic E-state index is 12.1. The van der Waals surface area contributed by atoms with E-state index in [0.29, 0.717) is 5.92 Å². The van der Waals surface area contributed by atoms with Gasteiger partial charge in [-0.1, -0.05) is 25.5 Å². The van der Waals surface area contributed by atoms with Crippen molar-refractivity contribution in [3.05, 3.63) is 29.3 Å². The zero-order valence-electron chi connectivity index (χ0n) is 11.8. The van der Waals surface area contributed by atoms with E-state index >= 15 is 0 Å². The summed E-state index contributed by atoms with van der Waals surface area (Å²) >= 11 is 0. The summed E-state index contributed by atoms with van der Waals surface area (Å²) in [6.45, 7) is 7.13. The molecule has 0 aliphatic rings. The van der Waals surface area contributed by atoms with Gasteiger partial charge in [-0.3, -0.25) is 4.79 Å². The maximum Gasteiger partial charge on any atom is 0.253 e. The molecule has 0 aliphatic carbocycles. The minimum atomic E-state index is 0.00630. The third kappa shape index (κ3) is 4.40. The van der Waals surface area contributed by atoms with E-state index in [1.54, 1.807) is 0 Å². The molecule has 0 radical (unpaired) electrons. The Labute approximate surface area is 110 Å². The number of hydrogen-bond acceptors (Lipinski definition) is 2. The topological polar surface area (TPSA) is 41.1 Å². The Morgan fingerprint density at radius 1 is 1.33 bits per heavy atom. The minimum Gasteiger partial charge on any atom is -0.387 e. The summed E-state index contributed by atoms with van der Waals surface area (Å²) in [4.78, 5) is 12.1. The highest BCUT2D eigenvalue weighted by Gasteiger charge is 2.10. The van der Waals surface area contributed by atoms with Crippen LogP contribution in [0.5, 0.6) is 0 Å². The summed E-state index contributed by atoms with van der Waals surface area (Å²) < 4.78 is 0. The number of anilines is 1. The van der Waals surface area contributed by atoms with Crippen molar-refractivity contribution in [2.45, 2.75) is 33.6 Å². The van der Waals surface area contributed by atoms with Crippen molar-refractivity contribution in [2.24, 2.45) is 5.92 Å². The standard InChI is InChI=1S/C15H24N2O/c1-11(2)6-5-9-17-15(18)13-10-12(3)7-8-14(13)16-4/h7-8,10-11,16H,5-6,9H2,1-4H3,(H,17,18). The Hall–Kier alpha value is -1.51. The van der Waals surface area contributed by atoms with E-state index in [1.165, 1.54) is 0 Å². The Morgan fingerprint density at radius 2 is 2.06 bits per heavy atom. The van der Waals surface area contributed by atoms with Crippen molar-refractivity contribution in [1.29, 1.82) is 0 Å². The molecule has 3 heteroatoms. The second-order valence-corrected chi connectivity index (χ2v) is 5.09. The van der Waals surface area contributed by atoms with Gasteiger partial charge < -0.3 is 10.6 Å². The highest BCUT2D eigenvalue weighted by molar-refractivity contribution is 5.99. The summed E-state index contributed by atoms with van der Waals surface area (Å²) in [5.74, 6) is 0.695. The molecule has 0 spiro atoms. The molecule has 0 saturated carbocycles. The minimum absolute atomic E-state index is 0.00630. The van der Waals surface area contributed by atoms with E-state index in [4.69, 9.17) is 0 Å². The molecular formula is C15H24N2O. The number of carbonyl (C=O) groups is 1. The summed E-state index contributed by atoms with van der Waals surface area (Å²) in [6.07, 6.45) is 2.18. The number of amides is 1. The average Bonchev–Trinajstić information content (AvgIpc) is 2.34. The van der Waals surface area contributed by atoms with Gasteiger partial charge in [-0.25, -0.2) is 0 Å². The average molecular weight is 248 g/mol. The molecule has 0 saturated heterocycles. The van der Waals surface area contributed by atoms with Crippen molar-refractivity contribution < 1.29 is 4.79 Å². The first-order valence-corrected chi connectivity index (χ1v) is 6.61. The molecule has 0 atom stereocenters. The summed E-state index contributed by atoms with van der Waals surface area (Å²) in [7, 11) is 1.83. The van der Waals surface area contributed by atoms with Crippen LogP contribution < -0.4 is 10.6 Å². The van der Waals surface area contributed by atoms with Gasteiger partial charge in [0.2, 0.25) is 0 Å². The lowest BCUT2D eigenvalue weighted by Crippen LogP contribution is -2.25. The molecule has 0 heterocycles. The third-order valence-electron chi connectivity index (χ3n) is 2.93. The van der Waals surface area contributed by atoms with Gasteiger partial charge in [0.05, 0.1) is 5.56 Å². The Bertz CT molecular complexity index is 399. The van der Waals surface area contributed by atoms with Gasteiger partial charge in [0.25, 0.3) is 5.91 Å². The molecule has 0 bridgehead atoms. The number of benzene rings is 1. The maximum atomic E-state index is 12.1. The number of carbonyl (C=O) groups excluding carboxylic acids is 1. The van der Waals surface area contributed by atoms with Crippen LogP contribution in [0, 0.1) is 12.8 Å². The van der Waals surface area contributed by atoms with Crippen LogP contribution in [0.1, 0.15) is 42.6 Å². The quantitative estimate of drug-likeness (QED) is 0.759. The van der Waals surface area contributed by atoms with Crippen molar-refractivity contribution >= 4 is 11.6 Å². The van der Waals surface area contributed by atoms with Crippen LogP contribution in [-0.2, 0) is 0 Å². The van der Waals surface area contributed by atoms with Crippen molar-refractivity contribution in [1.82, 2.24) is 5.32 Å². The van der Waals surface area contributed by atoms with Crippen LogP contribution in [0.4, 0.5) is 5.69 Å². The van der Waals surface area contributed by atoms with Gasteiger partial charge in [-0.15, -0.1) is 0 Å². The van der Waals surface area contributed by atoms with Crippen molar-refractivity contribution in [2.75, 3.05) is 18.9 Å². The normalized spacial score (nSPS) is 10.5. The molecule has 2 N–H and O–H groups in total. The molecule has 100 valence electrons. The lowest BCUT2D eigenvalue weighted by molar-refractivity contribution is 0.0953. The summed E-state index contributed by atoms with van der Waals surface area (Å²) in [6, 6.07) is 5.86. The van der Waals surface area contributed by atoms with Crippen LogP contribution in [0.2, 0.25) is 0 Å². The molecule has 3 nitrogen and oxygen atoms in total. The van der Waals surface area contributed by atoms with E-state index in [2.05, 4.69) is 24.5 Å². The van der Waals surface area contributed by atoms with Crippen molar-refractivity contribution in [3.8, 4) is 0 Å². The Balaban J connectivity index is 2.58. The molecule has 0 unspecified atom stereocenters. The van der Waals surface area contributed by atoms with Crippen LogP contribution in [0.25, 0.3) is 0 Å². The molecule has 0 fully saturated rings. The lowest BCUT2D eigenvalue weighted by atomic mass is 10.1. The molecule has 1 aromatic rings. The fourth-order valence-electron chi connectivity index (χ4n) is 1.87. The number of aryl methyl sites for hydroxylation is 1. The van der Waals surface area contributed by atoms with Crippen LogP contribution >= 0.6 is 0 Å². The fraction of sp³-hybridized carbons (Fsp3) is 0.533. The Morgan fingerprint density at radius 3 is 2.67 bits per heavy atom. The first kappa shape index (κ1) is 14.6. The third-order valence-corrected chi connectivity index (χ3v) is 2.93. The SMILES string of the molecule is CNc1ccc(C)cc1C(=O)NCCCC(C)C. The predicted molar refractivity (Wildman–Crippen MR) is 77.1 cm³/mol. The van der Waals surface area contributed by atoms with Gasteiger partial charge in [-0.2, -0.15) is 0 Å². The molecule has 1 amide bonds.